The van der Waals surface area contributed by atoms with Crippen molar-refractivity contribution in [1.29, 1.82) is 0 Å². The molecule has 1 unspecified atom stereocenters. The van der Waals surface area contributed by atoms with Gasteiger partial charge in [-0.25, -0.2) is 0 Å². The zero-order valence-corrected chi connectivity index (χ0v) is 11.3. The molecule has 1 aromatic rings. The molecule has 20 heavy (non-hydrogen) atoms. The number of carbonyl (C=O) groups excluding carboxylic acids is 2. The highest BCUT2D eigenvalue weighted by Gasteiger charge is 2.34. The third-order valence-corrected chi connectivity index (χ3v) is 3.66. The smallest absolute Gasteiger partial charge is 0.264 e. The van der Waals surface area contributed by atoms with Crippen LogP contribution in [0.4, 0.5) is 0 Å². The molecule has 0 bridgehead atoms. The van der Waals surface area contributed by atoms with Crippen LogP contribution < -0.4 is 10.6 Å². The molecule has 1 heterocycles. The Balaban J connectivity index is 1.79. The maximum Gasteiger partial charge on any atom is 0.264 e. The number of rotatable bonds is 4. The minimum Gasteiger partial charge on any atom is -0.312 e. The van der Waals surface area contributed by atoms with Crippen molar-refractivity contribution in [2.24, 2.45) is 4.99 Å². The Labute approximate surface area is 117 Å². The number of hydrogen-bond donors (Lipinski definition) is 2. The fourth-order valence-corrected chi connectivity index (χ4v) is 2.35. The molecule has 2 aliphatic rings. The van der Waals surface area contributed by atoms with Crippen LogP contribution in [0.5, 0.6) is 0 Å². The number of nitrogens with one attached hydrogen (secondary N) is 2. The number of nitrogens with zero attached hydrogens (tertiary/aromatic N) is 1. The molecule has 5 nitrogen and oxygen atoms in total. The van der Waals surface area contributed by atoms with Gasteiger partial charge >= 0.3 is 0 Å². The van der Waals surface area contributed by atoms with E-state index >= 15 is 0 Å². The first kappa shape index (κ1) is 13.0. The number of amides is 2. The maximum atomic E-state index is 12.2. The summed E-state index contributed by atoms with van der Waals surface area (Å²) in [4.78, 5) is 28.4. The molecule has 104 valence electrons. The summed E-state index contributed by atoms with van der Waals surface area (Å²) < 4.78 is 0. The van der Waals surface area contributed by atoms with Gasteiger partial charge in [0, 0.05) is 6.04 Å². The van der Waals surface area contributed by atoms with Crippen molar-refractivity contribution in [3.05, 3.63) is 35.4 Å². The van der Waals surface area contributed by atoms with Gasteiger partial charge < -0.3 is 10.6 Å². The molecule has 0 spiro atoms. The van der Waals surface area contributed by atoms with Gasteiger partial charge in [-0.05, 0) is 30.9 Å². The van der Waals surface area contributed by atoms with Gasteiger partial charge in [-0.1, -0.05) is 24.3 Å². The Morgan fingerprint density at radius 1 is 1.30 bits per heavy atom. The SMILES string of the molecule is Cc1ccccc1C1C(=O)N=C(CNC2CC2)NC1=O. The lowest BCUT2D eigenvalue weighted by molar-refractivity contribution is -0.129. The van der Waals surface area contributed by atoms with Crippen molar-refractivity contribution in [2.75, 3.05) is 6.54 Å². The van der Waals surface area contributed by atoms with Crippen molar-refractivity contribution >= 4 is 17.6 Å². The monoisotopic (exact) mass is 271 g/mol. The molecule has 1 aliphatic heterocycles. The van der Waals surface area contributed by atoms with Crippen molar-refractivity contribution < 1.29 is 9.59 Å². The van der Waals surface area contributed by atoms with E-state index in [0.717, 1.165) is 24.0 Å². The summed E-state index contributed by atoms with van der Waals surface area (Å²) in [6.45, 7) is 2.34. The van der Waals surface area contributed by atoms with Crippen molar-refractivity contribution in [3.63, 3.8) is 0 Å². The lowest BCUT2D eigenvalue weighted by Crippen LogP contribution is -2.47. The number of aryl methyl sites for hydroxylation is 1. The highest BCUT2D eigenvalue weighted by molar-refractivity contribution is 6.19. The van der Waals surface area contributed by atoms with Gasteiger partial charge in [0.2, 0.25) is 5.91 Å². The van der Waals surface area contributed by atoms with Gasteiger partial charge in [0.25, 0.3) is 5.91 Å². The summed E-state index contributed by atoms with van der Waals surface area (Å²) in [5.74, 6) is -1.06. The normalized spacial score (nSPS) is 22.4. The largest absolute Gasteiger partial charge is 0.312 e. The average molecular weight is 271 g/mol. The van der Waals surface area contributed by atoms with Gasteiger partial charge in [0.05, 0.1) is 6.54 Å². The van der Waals surface area contributed by atoms with Gasteiger partial charge in [0.15, 0.2) is 0 Å². The quantitative estimate of drug-likeness (QED) is 0.799. The Morgan fingerprint density at radius 2 is 2.05 bits per heavy atom. The lowest BCUT2D eigenvalue weighted by atomic mass is 9.92. The number of hydrogen-bond acceptors (Lipinski definition) is 3. The molecule has 1 aromatic carbocycles. The first-order chi connectivity index (χ1) is 9.65. The predicted molar refractivity (Wildman–Crippen MR) is 75.5 cm³/mol. The van der Waals surface area contributed by atoms with E-state index in [1.54, 1.807) is 6.07 Å². The summed E-state index contributed by atoms with van der Waals surface area (Å²) in [6, 6.07) is 7.93. The standard InChI is InChI=1S/C15H17N3O2/c1-9-4-2-3-5-11(9)13-14(19)17-12(18-15(13)20)8-16-10-6-7-10/h2-5,10,13,16H,6-8H2,1H3,(H,17,18,19,20). The van der Waals surface area contributed by atoms with E-state index in [0.29, 0.717) is 18.4 Å². The number of benzene rings is 1. The van der Waals surface area contributed by atoms with Crippen LogP contribution in [-0.4, -0.2) is 30.2 Å². The van der Waals surface area contributed by atoms with Gasteiger partial charge in [-0.2, -0.15) is 4.99 Å². The second kappa shape index (κ2) is 5.17. The van der Waals surface area contributed by atoms with Gasteiger partial charge in [-0.3, -0.25) is 9.59 Å². The van der Waals surface area contributed by atoms with E-state index in [1.807, 2.05) is 25.1 Å². The van der Waals surface area contributed by atoms with Crippen LogP contribution in [-0.2, 0) is 9.59 Å². The van der Waals surface area contributed by atoms with Gasteiger partial charge in [-0.15, -0.1) is 0 Å². The zero-order chi connectivity index (χ0) is 14.1. The summed E-state index contributed by atoms with van der Waals surface area (Å²) in [5, 5.41) is 5.97. The summed E-state index contributed by atoms with van der Waals surface area (Å²) in [6.07, 6.45) is 2.31. The first-order valence-corrected chi connectivity index (χ1v) is 6.86. The van der Waals surface area contributed by atoms with Crippen LogP contribution in [0.3, 0.4) is 0 Å². The number of aliphatic imine (C=N–C) groups is 1. The highest BCUT2D eigenvalue weighted by Crippen LogP contribution is 2.23. The molecule has 2 N–H and O–H groups in total. The second-order valence-electron chi connectivity index (χ2n) is 5.33. The third kappa shape index (κ3) is 2.63. The number of amidine groups is 1. The minimum atomic E-state index is -0.819. The Bertz CT molecular complexity index is 591. The topological polar surface area (TPSA) is 70.6 Å². The predicted octanol–water partition coefficient (Wildman–Crippen LogP) is 0.886. The van der Waals surface area contributed by atoms with Crippen LogP contribution in [0.25, 0.3) is 0 Å². The van der Waals surface area contributed by atoms with E-state index in [1.165, 1.54) is 0 Å². The van der Waals surface area contributed by atoms with Gasteiger partial charge in [0.1, 0.15) is 11.8 Å². The van der Waals surface area contributed by atoms with Crippen LogP contribution in [0, 0.1) is 6.92 Å². The molecule has 2 amide bonds. The molecule has 5 heteroatoms. The molecule has 3 rings (SSSR count). The Hall–Kier alpha value is -2.01. The van der Waals surface area contributed by atoms with Crippen LogP contribution >= 0.6 is 0 Å². The Morgan fingerprint density at radius 3 is 2.70 bits per heavy atom. The molecule has 0 saturated heterocycles. The lowest BCUT2D eigenvalue weighted by Gasteiger charge is -2.21. The minimum absolute atomic E-state index is 0.285. The molecule has 1 atom stereocenters. The highest BCUT2D eigenvalue weighted by atomic mass is 16.2. The summed E-state index contributed by atoms with van der Waals surface area (Å²) >= 11 is 0. The molecular formula is C15H17N3O2. The molecule has 1 fully saturated rings. The zero-order valence-electron chi connectivity index (χ0n) is 11.3. The first-order valence-electron chi connectivity index (χ1n) is 6.86. The van der Waals surface area contributed by atoms with Crippen LogP contribution in [0.1, 0.15) is 29.9 Å². The Kier molecular flexibility index (Phi) is 3.36. The van der Waals surface area contributed by atoms with E-state index in [4.69, 9.17) is 0 Å². The van der Waals surface area contributed by atoms with Crippen LogP contribution in [0.15, 0.2) is 29.3 Å². The molecular weight excluding hydrogens is 254 g/mol. The molecule has 1 saturated carbocycles. The number of carbonyl (C=O) groups is 2. The van der Waals surface area contributed by atoms with E-state index < -0.39 is 5.92 Å². The molecule has 0 radical (unpaired) electrons. The average Bonchev–Trinajstić information content (AvgIpc) is 3.22. The van der Waals surface area contributed by atoms with E-state index in [-0.39, 0.29) is 11.8 Å². The van der Waals surface area contributed by atoms with E-state index in [9.17, 15) is 9.59 Å². The summed E-state index contributed by atoms with van der Waals surface area (Å²) in [7, 11) is 0. The van der Waals surface area contributed by atoms with Crippen molar-refractivity contribution in [1.82, 2.24) is 10.6 Å². The van der Waals surface area contributed by atoms with Crippen molar-refractivity contribution in [3.8, 4) is 0 Å². The summed E-state index contributed by atoms with van der Waals surface area (Å²) in [5.41, 5.74) is 1.66. The fraction of sp³-hybridized carbons (Fsp3) is 0.400. The molecule has 1 aliphatic carbocycles. The molecule has 0 aromatic heterocycles. The van der Waals surface area contributed by atoms with Crippen molar-refractivity contribution in [2.45, 2.75) is 31.7 Å². The second-order valence-corrected chi connectivity index (χ2v) is 5.33. The van der Waals surface area contributed by atoms with E-state index in [2.05, 4.69) is 15.6 Å². The fourth-order valence-electron chi connectivity index (χ4n) is 2.35. The maximum absolute atomic E-state index is 12.2. The third-order valence-electron chi connectivity index (χ3n) is 3.66. The van der Waals surface area contributed by atoms with Crippen LogP contribution in [0.2, 0.25) is 0 Å².